The average Bonchev–Trinajstić information content (AvgIpc) is 3.10. The fourth-order valence-electron chi connectivity index (χ4n) is 4.20. The highest BCUT2D eigenvalue weighted by Crippen LogP contribution is 2.37. The summed E-state index contributed by atoms with van der Waals surface area (Å²) in [5, 5.41) is 0. The van der Waals surface area contributed by atoms with Gasteiger partial charge in [-0.15, -0.1) is 0 Å². The lowest BCUT2D eigenvalue weighted by molar-refractivity contribution is -0.0454. The average molecular weight is 352 g/mol. The normalized spacial score (nSPS) is 22.9. The van der Waals surface area contributed by atoms with Gasteiger partial charge in [0.05, 0.1) is 17.9 Å². The zero-order valence-electron chi connectivity index (χ0n) is 15.6. The van der Waals surface area contributed by atoms with E-state index >= 15 is 0 Å². The van der Waals surface area contributed by atoms with Gasteiger partial charge in [0.2, 0.25) is 0 Å². The SMILES string of the molecule is CN(Cc1cccnc1)[C@@H]1COC2(CCN(Cc3ccccn3)CC2)C1. The summed E-state index contributed by atoms with van der Waals surface area (Å²) < 4.78 is 6.35. The number of likely N-dealkylation sites (tertiary alicyclic amines) is 1. The molecule has 0 unspecified atom stereocenters. The van der Waals surface area contributed by atoms with Crippen LogP contribution in [0.2, 0.25) is 0 Å². The topological polar surface area (TPSA) is 41.5 Å². The van der Waals surface area contributed by atoms with E-state index in [-0.39, 0.29) is 5.60 Å². The van der Waals surface area contributed by atoms with E-state index in [1.165, 1.54) is 5.56 Å². The lowest BCUT2D eigenvalue weighted by Gasteiger charge is -2.38. The Morgan fingerprint density at radius 2 is 2.08 bits per heavy atom. The van der Waals surface area contributed by atoms with E-state index in [9.17, 15) is 0 Å². The second kappa shape index (κ2) is 7.82. The molecule has 5 nitrogen and oxygen atoms in total. The minimum atomic E-state index is 0.0779. The molecule has 2 fully saturated rings. The van der Waals surface area contributed by atoms with Gasteiger partial charge in [-0.2, -0.15) is 0 Å². The Bertz CT molecular complexity index is 686. The van der Waals surface area contributed by atoms with Crippen LogP contribution in [0, 0.1) is 0 Å². The Kier molecular flexibility index (Phi) is 5.29. The molecule has 0 amide bonds. The maximum atomic E-state index is 6.35. The summed E-state index contributed by atoms with van der Waals surface area (Å²) in [6.45, 7) is 4.91. The lowest BCUT2D eigenvalue weighted by atomic mass is 9.87. The monoisotopic (exact) mass is 352 g/mol. The molecule has 2 aromatic heterocycles. The standard InChI is InChI=1S/C21H28N4O/c1-24(15-18-5-4-9-22-14-18)20-13-21(26-17-20)7-11-25(12-8-21)16-19-6-2-3-10-23-19/h2-6,9-10,14,20H,7-8,11-13,15-17H2,1H3/t20-/m0/s1. The molecule has 0 bridgehead atoms. The third kappa shape index (κ3) is 4.11. The van der Waals surface area contributed by atoms with E-state index < -0.39 is 0 Å². The van der Waals surface area contributed by atoms with Gasteiger partial charge in [0.15, 0.2) is 0 Å². The highest BCUT2D eigenvalue weighted by atomic mass is 16.5. The molecule has 0 N–H and O–H groups in total. The number of piperidine rings is 1. The summed E-state index contributed by atoms with van der Waals surface area (Å²) >= 11 is 0. The van der Waals surface area contributed by atoms with E-state index in [1.807, 2.05) is 30.7 Å². The van der Waals surface area contributed by atoms with Gasteiger partial charge in [-0.25, -0.2) is 0 Å². The van der Waals surface area contributed by atoms with Crippen LogP contribution in [0.15, 0.2) is 48.9 Å². The molecule has 0 saturated carbocycles. The van der Waals surface area contributed by atoms with Gasteiger partial charge >= 0.3 is 0 Å². The van der Waals surface area contributed by atoms with Gasteiger partial charge in [0.25, 0.3) is 0 Å². The van der Waals surface area contributed by atoms with Gasteiger partial charge in [-0.05, 0) is 50.1 Å². The van der Waals surface area contributed by atoms with Crippen LogP contribution in [0.3, 0.4) is 0 Å². The first-order valence-corrected chi connectivity index (χ1v) is 9.58. The third-order valence-electron chi connectivity index (χ3n) is 5.85. The van der Waals surface area contributed by atoms with E-state index in [0.29, 0.717) is 6.04 Å². The predicted octanol–water partition coefficient (Wildman–Crippen LogP) is 2.73. The third-order valence-corrected chi connectivity index (χ3v) is 5.85. The molecule has 2 saturated heterocycles. The maximum absolute atomic E-state index is 6.35. The van der Waals surface area contributed by atoms with Crippen molar-refractivity contribution in [1.29, 1.82) is 0 Å². The van der Waals surface area contributed by atoms with Crippen molar-refractivity contribution in [2.24, 2.45) is 0 Å². The van der Waals surface area contributed by atoms with Crippen LogP contribution in [0.25, 0.3) is 0 Å². The Labute approximate surface area is 156 Å². The van der Waals surface area contributed by atoms with Crippen molar-refractivity contribution in [3.05, 3.63) is 60.2 Å². The van der Waals surface area contributed by atoms with Crippen molar-refractivity contribution >= 4 is 0 Å². The first-order valence-electron chi connectivity index (χ1n) is 9.58. The highest BCUT2D eigenvalue weighted by Gasteiger charge is 2.43. The van der Waals surface area contributed by atoms with Crippen LogP contribution in [0.4, 0.5) is 0 Å². The van der Waals surface area contributed by atoms with Gasteiger partial charge < -0.3 is 4.74 Å². The van der Waals surface area contributed by atoms with Gasteiger partial charge in [-0.1, -0.05) is 12.1 Å². The molecule has 1 atom stereocenters. The predicted molar refractivity (Wildman–Crippen MR) is 102 cm³/mol. The van der Waals surface area contributed by atoms with Gasteiger partial charge in [0.1, 0.15) is 0 Å². The zero-order valence-corrected chi connectivity index (χ0v) is 15.6. The molecule has 0 radical (unpaired) electrons. The summed E-state index contributed by atoms with van der Waals surface area (Å²) in [5.41, 5.74) is 2.50. The molecule has 5 heteroatoms. The number of aromatic nitrogens is 2. The number of likely N-dealkylation sites (N-methyl/N-ethyl adjacent to an activating group) is 1. The van der Waals surface area contributed by atoms with Crippen molar-refractivity contribution in [2.75, 3.05) is 26.7 Å². The maximum Gasteiger partial charge on any atom is 0.0723 e. The molecular formula is C21H28N4O. The Morgan fingerprint density at radius 1 is 1.19 bits per heavy atom. The molecule has 1 spiro atoms. The molecular weight excluding hydrogens is 324 g/mol. The first-order chi connectivity index (χ1) is 12.7. The quantitative estimate of drug-likeness (QED) is 0.828. The Morgan fingerprint density at radius 3 is 2.81 bits per heavy atom. The fourth-order valence-corrected chi connectivity index (χ4v) is 4.20. The Balaban J connectivity index is 1.28. The van der Waals surface area contributed by atoms with Crippen LogP contribution >= 0.6 is 0 Å². The minimum Gasteiger partial charge on any atom is -0.373 e. The van der Waals surface area contributed by atoms with Crippen LogP contribution < -0.4 is 0 Å². The van der Waals surface area contributed by atoms with Gasteiger partial charge in [0, 0.05) is 50.8 Å². The Hall–Kier alpha value is -1.82. The van der Waals surface area contributed by atoms with Crippen LogP contribution in [-0.2, 0) is 17.8 Å². The summed E-state index contributed by atoms with van der Waals surface area (Å²) in [7, 11) is 2.20. The van der Waals surface area contributed by atoms with Crippen molar-refractivity contribution in [1.82, 2.24) is 19.8 Å². The number of hydrogen-bond acceptors (Lipinski definition) is 5. The number of rotatable bonds is 5. The van der Waals surface area contributed by atoms with Crippen LogP contribution in [-0.4, -0.2) is 58.2 Å². The molecule has 2 aromatic rings. The second-order valence-electron chi connectivity index (χ2n) is 7.73. The van der Waals surface area contributed by atoms with Crippen molar-refractivity contribution < 1.29 is 4.74 Å². The second-order valence-corrected chi connectivity index (χ2v) is 7.73. The molecule has 2 aliphatic rings. The molecule has 26 heavy (non-hydrogen) atoms. The largest absolute Gasteiger partial charge is 0.373 e. The van der Waals surface area contributed by atoms with E-state index in [4.69, 9.17) is 4.74 Å². The zero-order chi connectivity index (χ0) is 17.8. The van der Waals surface area contributed by atoms with Crippen molar-refractivity contribution in [3.63, 3.8) is 0 Å². The van der Waals surface area contributed by atoms with Crippen molar-refractivity contribution in [2.45, 2.75) is 44.0 Å². The first kappa shape index (κ1) is 17.6. The van der Waals surface area contributed by atoms with Crippen LogP contribution in [0.1, 0.15) is 30.5 Å². The number of ether oxygens (including phenoxy) is 1. The van der Waals surface area contributed by atoms with E-state index in [2.05, 4.69) is 45.0 Å². The summed E-state index contributed by atoms with van der Waals surface area (Å²) in [6, 6.07) is 10.8. The molecule has 2 aliphatic heterocycles. The van der Waals surface area contributed by atoms with Gasteiger partial charge in [-0.3, -0.25) is 19.8 Å². The minimum absolute atomic E-state index is 0.0779. The lowest BCUT2D eigenvalue weighted by Crippen LogP contribution is -2.44. The summed E-state index contributed by atoms with van der Waals surface area (Å²) in [4.78, 5) is 13.6. The number of nitrogens with zero attached hydrogens (tertiary/aromatic N) is 4. The fraction of sp³-hybridized carbons (Fsp3) is 0.524. The number of hydrogen-bond donors (Lipinski definition) is 0. The molecule has 138 valence electrons. The van der Waals surface area contributed by atoms with E-state index in [0.717, 1.165) is 57.7 Å². The van der Waals surface area contributed by atoms with E-state index in [1.54, 1.807) is 0 Å². The van der Waals surface area contributed by atoms with Crippen molar-refractivity contribution in [3.8, 4) is 0 Å². The molecule has 0 aliphatic carbocycles. The highest BCUT2D eigenvalue weighted by molar-refractivity contribution is 5.09. The summed E-state index contributed by atoms with van der Waals surface area (Å²) in [5.74, 6) is 0. The van der Waals surface area contributed by atoms with Crippen LogP contribution in [0.5, 0.6) is 0 Å². The number of pyridine rings is 2. The molecule has 4 rings (SSSR count). The molecule has 4 heterocycles. The molecule has 0 aromatic carbocycles. The smallest absolute Gasteiger partial charge is 0.0723 e. The summed E-state index contributed by atoms with van der Waals surface area (Å²) in [6.07, 6.45) is 9.05.